The number of rotatable bonds is 6. The lowest BCUT2D eigenvalue weighted by molar-refractivity contribution is 0.414. The standard InChI is InChI=1S/C22H20N2O4S/c1-16-11-13-17(14-12-16)29(25,26)24(19-8-4-6-10-21(19)27-2)15-22-23-18-7-3-5-9-20(18)28-22/h3-14H,15H2,1-2H3. The summed E-state index contributed by atoms with van der Waals surface area (Å²) in [6, 6.07) is 21.0. The number of sulfonamides is 1. The molecule has 0 unspecified atom stereocenters. The Morgan fingerprint density at radius 1 is 0.966 bits per heavy atom. The van der Waals surface area contributed by atoms with Crippen LogP contribution in [0, 0.1) is 6.92 Å². The van der Waals surface area contributed by atoms with Gasteiger partial charge < -0.3 is 9.15 Å². The van der Waals surface area contributed by atoms with Crippen LogP contribution in [0.5, 0.6) is 5.75 Å². The van der Waals surface area contributed by atoms with Gasteiger partial charge in [-0.2, -0.15) is 0 Å². The first-order valence-corrected chi connectivity index (χ1v) is 10.5. The van der Waals surface area contributed by atoms with Gasteiger partial charge >= 0.3 is 0 Å². The van der Waals surface area contributed by atoms with Crippen LogP contribution in [-0.4, -0.2) is 20.5 Å². The van der Waals surface area contributed by atoms with E-state index < -0.39 is 10.0 Å². The van der Waals surface area contributed by atoms with Gasteiger partial charge in [-0.3, -0.25) is 4.31 Å². The van der Waals surface area contributed by atoms with E-state index in [0.717, 1.165) is 5.56 Å². The number of anilines is 1. The van der Waals surface area contributed by atoms with Gasteiger partial charge in [0.2, 0.25) is 5.89 Å². The summed E-state index contributed by atoms with van der Waals surface area (Å²) in [4.78, 5) is 4.63. The quantitative estimate of drug-likeness (QED) is 0.468. The second-order valence-electron chi connectivity index (χ2n) is 6.57. The van der Waals surface area contributed by atoms with Gasteiger partial charge in [-0.15, -0.1) is 0 Å². The number of benzene rings is 3. The maximum atomic E-state index is 13.5. The van der Waals surface area contributed by atoms with Gasteiger partial charge in [0.05, 0.1) is 17.7 Å². The second-order valence-corrected chi connectivity index (χ2v) is 8.43. The van der Waals surface area contributed by atoms with Crippen molar-refractivity contribution in [3.8, 4) is 5.75 Å². The first-order valence-electron chi connectivity index (χ1n) is 9.06. The zero-order valence-corrected chi connectivity index (χ0v) is 16.9. The molecule has 4 aromatic rings. The van der Waals surface area contributed by atoms with Crippen molar-refractivity contribution in [1.82, 2.24) is 4.98 Å². The van der Waals surface area contributed by atoms with Crippen LogP contribution in [0.2, 0.25) is 0 Å². The van der Waals surface area contributed by atoms with Gasteiger partial charge in [-0.1, -0.05) is 42.0 Å². The molecule has 3 aromatic carbocycles. The summed E-state index contributed by atoms with van der Waals surface area (Å²) in [5, 5.41) is 0. The van der Waals surface area contributed by atoms with Crippen molar-refractivity contribution in [2.45, 2.75) is 18.4 Å². The first-order chi connectivity index (χ1) is 14.0. The average Bonchev–Trinajstić information content (AvgIpc) is 3.15. The molecule has 0 N–H and O–H groups in total. The maximum absolute atomic E-state index is 13.5. The molecule has 0 saturated heterocycles. The van der Waals surface area contributed by atoms with E-state index in [1.54, 1.807) is 54.6 Å². The van der Waals surface area contributed by atoms with Gasteiger partial charge in [0, 0.05) is 0 Å². The van der Waals surface area contributed by atoms with E-state index in [-0.39, 0.29) is 11.4 Å². The largest absolute Gasteiger partial charge is 0.495 e. The van der Waals surface area contributed by atoms with Gasteiger partial charge in [-0.05, 0) is 43.3 Å². The van der Waals surface area contributed by atoms with E-state index in [0.29, 0.717) is 28.4 Å². The molecule has 0 radical (unpaired) electrons. The van der Waals surface area contributed by atoms with Crippen LogP contribution in [0.4, 0.5) is 5.69 Å². The summed E-state index contributed by atoms with van der Waals surface area (Å²) < 4.78 is 39.5. The van der Waals surface area contributed by atoms with Gasteiger partial charge in [0.15, 0.2) is 5.58 Å². The van der Waals surface area contributed by atoms with Crippen molar-refractivity contribution in [2.24, 2.45) is 0 Å². The number of hydrogen-bond donors (Lipinski definition) is 0. The van der Waals surface area contributed by atoms with Crippen molar-refractivity contribution in [3.63, 3.8) is 0 Å². The Labute approximate surface area is 169 Å². The molecule has 0 spiro atoms. The number of para-hydroxylation sites is 4. The topological polar surface area (TPSA) is 72.6 Å². The summed E-state index contributed by atoms with van der Waals surface area (Å²) >= 11 is 0. The van der Waals surface area contributed by atoms with Gasteiger partial charge in [0.1, 0.15) is 17.8 Å². The molecule has 7 heteroatoms. The summed E-state index contributed by atoms with van der Waals surface area (Å²) in [5.74, 6) is 0.743. The first kappa shape index (κ1) is 19.0. The van der Waals surface area contributed by atoms with Crippen LogP contribution >= 0.6 is 0 Å². The predicted molar refractivity (Wildman–Crippen MR) is 112 cm³/mol. The molecular formula is C22H20N2O4S. The SMILES string of the molecule is COc1ccccc1N(Cc1nc2ccccc2o1)S(=O)(=O)c1ccc(C)cc1. The molecule has 1 aromatic heterocycles. The van der Waals surface area contributed by atoms with Crippen molar-refractivity contribution in [3.05, 3.63) is 84.3 Å². The van der Waals surface area contributed by atoms with E-state index >= 15 is 0 Å². The van der Waals surface area contributed by atoms with Crippen LogP contribution in [0.25, 0.3) is 11.1 Å². The molecule has 148 valence electrons. The van der Waals surface area contributed by atoms with Crippen molar-refractivity contribution in [1.29, 1.82) is 0 Å². The molecule has 29 heavy (non-hydrogen) atoms. The van der Waals surface area contributed by atoms with Crippen LogP contribution in [0.15, 0.2) is 82.1 Å². The van der Waals surface area contributed by atoms with Gasteiger partial charge in [0.25, 0.3) is 10.0 Å². The molecule has 0 amide bonds. The smallest absolute Gasteiger partial charge is 0.264 e. The Bertz CT molecular complexity index is 1210. The molecule has 4 rings (SSSR count). The molecular weight excluding hydrogens is 388 g/mol. The molecule has 1 heterocycles. The summed E-state index contributed by atoms with van der Waals surface area (Å²) in [6.07, 6.45) is 0. The van der Waals surface area contributed by atoms with Crippen LogP contribution in [0.1, 0.15) is 11.5 Å². The van der Waals surface area contributed by atoms with Gasteiger partial charge in [-0.25, -0.2) is 13.4 Å². The third-order valence-electron chi connectivity index (χ3n) is 4.58. The molecule has 6 nitrogen and oxygen atoms in total. The second kappa shape index (κ2) is 7.60. The molecule has 0 aliphatic carbocycles. The Balaban J connectivity index is 1.83. The molecule has 0 aliphatic heterocycles. The highest BCUT2D eigenvalue weighted by Gasteiger charge is 2.29. The highest BCUT2D eigenvalue weighted by molar-refractivity contribution is 7.92. The average molecular weight is 408 g/mol. The molecule has 0 aliphatic rings. The van der Waals surface area contributed by atoms with E-state index in [1.165, 1.54) is 11.4 Å². The molecule has 0 bridgehead atoms. The highest BCUT2D eigenvalue weighted by atomic mass is 32.2. The number of hydrogen-bond acceptors (Lipinski definition) is 5. The summed E-state index contributed by atoms with van der Waals surface area (Å²) in [7, 11) is -2.38. The van der Waals surface area contributed by atoms with Crippen molar-refractivity contribution < 1.29 is 17.6 Å². The summed E-state index contributed by atoms with van der Waals surface area (Å²) in [5.41, 5.74) is 2.68. The third-order valence-corrected chi connectivity index (χ3v) is 6.35. The lowest BCUT2D eigenvalue weighted by atomic mass is 10.2. The minimum Gasteiger partial charge on any atom is -0.495 e. The number of oxazole rings is 1. The Morgan fingerprint density at radius 2 is 1.66 bits per heavy atom. The van der Waals surface area contributed by atoms with E-state index in [1.807, 2.05) is 25.1 Å². The fourth-order valence-electron chi connectivity index (χ4n) is 3.08. The van der Waals surface area contributed by atoms with Crippen LogP contribution in [0.3, 0.4) is 0 Å². The zero-order chi connectivity index (χ0) is 20.4. The highest BCUT2D eigenvalue weighted by Crippen LogP contribution is 2.34. The lowest BCUT2D eigenvalue weighted by Gasteiger charge is -2.25. The molecule has 0 fully saturated rings. The minimum atomic E-state index is -3.89. The Kier molecular flexibility index (Phi) is 4.98. The number of fused-ring (bicyclic) bond motifs is 1. The minimum absolute atomic E-state index is 0.0642. The van der Waals surface area contributed by atoms with Crippen LogP contribution in [-0.2, 0) is 16.6 Å². The third kappa shape index (κ3) is 3.69. The zero-order valence-electron chi connectivity index (χ0n) is 16.1. The fraction of sp³-hybridized carbons (Fsp3) is 0.136. The monoisotopic (exact) mass is 408 g/mol. The predicted octanol–water partition coefficient (Wildman–Crippen LogP) is 4.54. The van der Waals surface area contributed by atoms with E-state index in [4.69, 9.17) is 9.15 Å². The maximum Gasteiger partial charge on any atom is 0.264 e. The van der Waals surface area contributed by atoms with Crippen molar-refractivity contribution >= 4 is 26.8 Å². The number of methoxy groups -OCH3 is 1. The summed E-state index contributed by atoms with van der Waals surface area (Å²) in [6.45, 7) is 1.85. The fourth-order valence-corrected chi connectivity index (χ4v) is 4.51. The normalized spacial score (nSPS) is 11.5. The Morgan fingerprint density at radius 3 is 2.38 bits per heavy atom. The van der Waals surface area contributed by atoms with E-state index in [9.17, 15) is 8.42 Å². The number of ether oxygens (including phenoxy) is 1. The number of aromatic nitrogens is 1. The number of aryl methyl sites for hydroxylation is 1. The van der Waals surface area contributed by atoms with Crippen LogP contribution < -0.4 is 9.04 Å². The Hall–Kier alpha value is -3.32. The molecule has 0 saturated carbocycles. The number of nitrogens with zero attached hydrogens (tertiary/aromatic N) is 2. The van der Waals surface area contributed by atoms with Crippen molar-refractivity contribution in [2.75, 3.05) is 11.4 Å². The lowest BCUT2D eigenvalue weighted by Crippen LogP contribution is -2.31. The van der Waals surface area contributed by atoms with E-state index in [2.05, 4.69) is 4.98 Å². The molecule has 0 atom stereocenters.